The Morgan fingerprint density at radius 1 is 1.14 bits per heavy atom. The van der Waals surface area contributed by atoms with Gasteiger partial charge in [-0.25, -0.2) is 9.67 Å². The summed E-state index contributed by atoms with van der Waals surface area (Å²) in [7, 11) is 2.09. The van der Waals surface area contributed by atoms with E-state index in [9.17, 15) is 4.79 Å². The number of carbonyl (C=O) groups excluding carboxylic acids is 1. The van der Waals surface area contributed by atoms with E-state index in [-0.39, 0.29) is 17.1 Å². The van der Waals surface area contributed by atoms with Crippen LogP contribution in [-0.2, 0) is 0 Å². The van der Waals surface area contributed by atoms with E-state index in [1.54, 1.807) is 22.8 Å². The van der Waals surface area contributed by atoms with Crippen LogP contribution in [-0.4, -0.2) is 70.3 Å². The molecule has 6 rings (SSSR count). The Bertz CT molecular complexity index is 1300. The van der Waals surface area contributed by atoms with Gasteiger partial charge in [-0.3, -0.25) is 4.79 Å². The van der Waals surface area contributed by atoms with Crippen molar-refractivity contribution < 1.29 is 9.53 Å². The predicted molar refractivity (Wildman–Crippen MR) is 138 cm³/mol. The molecule has 1 saturated heterocycles. The number of thioether (sulfide) groups is 1. The van der Waals surface area contributed by atoms with Crippen molar-refractivity contribution in [1.82, 2.24) is 24.6 Å². The fourth-order valence-corrected chi connectivity index (χ4v) is 6.63. The molecule has 0 bridgehead atoms. The first-order chi connectivity index (χ1) is 17.1. The monoisotopic (exact) mass is 507 g/mol. The van der Waals surface area contributed by atoms with E-state index in [1.165, 1.54) is 0 Å². The second-order valence-corrected chi connectivity index (χ2v) is 10.8. The number of piperazine rings is 1. The number of nitrogens with zero attached hydrogens (tertiary/aromatic N) is 5. The fraction of sp³-hybridized carbons (Fsp3) is 0.346. The van der Waals surface area contributed by atoms with E-state index < -0.39 is 0 Å². The molecular formula is C26H26ClN5O2S. The minimum absolute atomic E-state index is 0.0938. The lowest BCUT2D eigenvalue weighted by molar-refractivity contribution is 0.0664. The second-order valence-electron chi connectivity index (χ2n) is 9.17. The average Bonchev–Trinajstić information content (AvgIpc) is 3.48. The first-order valence-electron chi connectivity index (χ1n) is 11.9. The highest BCUT2D eigenvalue weighted by atomic mass is 35.5. The summed E-state index contributed by atoms with van der Waals surface area (Å²) >= 11 is 8.22. The van der Waals surface area contributed by atoms with E-state index >= 15 is 0 Å². The first kappa shape index (κ1) is 22.6. The standard InChI is InChI=1S/C26H26ClN5O2S/c1-30-9-11-31(12-10-30)26(33)18-6-7-22-19(14-18)24-17(8-13-34-22)15-23(35-24)25-28-16-29-32(25)21-5-3-2-4-20(21)27/h2-7,14-17,24H,8-13H2,1H3. The molecule has 2 unspecified atom stereocenters. The van der Waals surface area contributed by atoms with E-state index in [0.29, 0.717) is 11.6 Å². The molecule has 1 amide bonds. The molecule has 1 fully saturated rings. The van der Waals surface area contributed by atoms with Gasteiger partial charge in [0.1, 0.15) is 12.1 Å². The summed E-state index contributed by atoms with van der Waals surface area (Å²) in [4.78, 5) is 23.1. The summed E-state index contributed by atoms with van der Waals surface area (Å²) in [5.41, 5.74) is 2.61. The minimum atomic E-state index is 0.0938. The third-order valence-electron chi connectivity index (χ3n) is 6.92. The fourth-order valence-electron chi connectivity index (χ4n) is 4.94. The van der Waals surface area contributed by atoms with Crippen molar-refractivity contribution in [3.63, 3.8) is 0 Å². The van der Waals surface area contributed by atoms with Crippen LogP contribution >= 0.6 is 23.4 Å². The van der Waals surface area contributed by atoms with Crippen LogP contribution in [0.5, 0.6) is 5.75 Å². The highest BCUT2D eigenvalue weighted by Crippen LogP contribution is 2.55. The van der Waals surface area contributed by atoms with Crippen LogP contribution < -0.4 is 4.74 Å². The molecule has 35 heavy (non-hydrogen) atoms. The largest absolute Gasteiger partial charge is 0.493 e. The zero-order valence-electron chi connectivity index (χ0n) is 19.4. The highest BCUT2D eigenvalue weighted by molar-refractivity contribution is 8.08. The van der Waals surface area contributed by atoms with Gasteiger partial charge in [-0.15, -0.1) is 11.8 Å². The Balaban J connectivity index is 1.30. The van der Waals surface area contributed by atoms with Gasteiger partial charge < -0.3 is 14.5 Å². The molecule has 3 aliphatic rings. The number of hydrogen-bond acceptors (Lipinski definition) is 6. The van der Waals surface area contributed by atoms with Gasteiger partial charge in [0.15, 0.2) is 5.82 Å². The molecule has 2 atom stereocenters. The molecule has 7 nitrogen and oxygen atoms in total. The number of fused-ring (bicyclic) bond motifs is 3. The number of hydrogen-bond donors (Lipinski definition) is 0. The number of halogens is 1. The molecule has 180 valence electrons. The Labute approximate surface area is 213 Å². The Morgan fingerprint density at radius 2 is 1.97 bits per heavy atom. The molecular weight excluding hydrogens is 482 g/mol. The number of benzene rings is 2. The van der Waals surface area contributed by atoms with Gasteiger partial charge >= 0.3 is 0 Å². The number of carbonyl (C=O) groups is 1. The molecule has 1 aromatic heterocycles. The summed E-state index contributed by atoms with van der Waals surface area (Å²) in [5, 5.41) is 5.23. The van der Waals surface area contributed by atoms with E-state index in [2.05, 4.69) is 28.1 Å². The molecule has 0 aliphatic carbocycles. The quantitative estimate of drug-likeness (QED) is 0.519. The lowest BCUT2D eigenvalue weighted by atomic mass is 9.94. The van der Waals surface area contributed by atoms with Crippen molar-refractivity contribution in [2.24, 2.45) is 5.92 Å². The summed E-state index contributed by atoms with van der Waals surface area (Å²) in [6.07, 6.45) is 4.75. The number of rotatable bonds is 3. The first-order valence-corrected chi connectivity index (χ1v) is 13.1. The van der Waals surface area contributed by atoms with Crippen LogP contribution in [0.3, 0.4) is 0 Å². The van der Waals surface area contributed by atoms with Crippen molar-refractivity contribution in [2.45, 2.75) is 11.7 Å². The molecule has 3 aromatic rings. The van der Waals surface area contributed by atoms with Crippen molar-refractivity contribution >= 4 is 34.2 Å². The number of para-hydroxylation sites is 1. The minimum Gasteiger partial charge on any atom is -0.493 e. The van der Waals surface area contributed by atoms with Crippen molar-refractivity contribution in [3.05, 3.63) is 76.8 Å². The molecule has 9 heteroatoms. The van der Waals surface area contributed by atoms with Gasteiger partial charge in [-0.1, -0.05) is 29.8 Å². The summed E-state index contributed by atoms with van der Waals surface area (Å²) in [5.74, 6) is 2.02. The van der Waals surface area contributed by atoms with E-state index in [4.69, 9.17) is 16.3 Å². The van der Waals surface area contributed by atoms with Crippen LogP contribution in [0.15, 0.2) is 54.9 Å². The Hall–Kier alpha value is -2.81. The van der Waals surface area contributed by atoms with Gasteiger partial charge in [0.2, 0.25) is 0 Å². The maximum absolute atomic E-state index is 13.3. The molecule has 0 saturated carbocycles. The number of aromatic nitrogens is 3. The van der Waals surface area contributed by atoms with Gasteiger partial charge in [0.05, 0.1) is 17.3 Å². The van der Waals surface area contributed by atoms with Crippen LogP contribution in [0.2, 0.25) is 5.02 Å². The molecule has 3 aliphatic heterocycles. The lowest BCUT2D eigenvalue weighted by Gasteiger charge is -2.32. The van der Waals surface area contributed by atoms with Crippen molar-refractivity contribution in [3.8, 4) is 11.4 Å². The molecule has 0 radical (unpaired) electrons. The maximum Gasteiger partial charge on any atom is 0.253 e. The molecule has 4 heterocycles. The van der Waals surface area contributed by atoms with Crippen molar-refractivity contribution in [1.29, 1.82) is 0 Å². The van der Waals surface area contributed by atoms with Gasteiger partial charge in [0, 0.05) is 47.5 Å². The summed E-state index contributed by atoms with van der Waals surface area (Å²) in [6, 6.07) is 13.6. The zero-order chi connectivity index (χ0) is 23.9. The van der Waals surface area contributed by atoms with Crippen LogP contribution in [0.1, 0.15) is 33.4 Å². The molecule has 0 spiro atoms. The highest BCUT2D eigenvalue weighted by Gasteiger charge is 2.36. The number of ether oxygens (including phenoxy) is 1. The zero-order valence-corrected chi connectivity index (χ0v) is 21.0. The Kier molecular flexibility index (Phi) is 6.04. The SMILES string of the molecule is CN1CCN(C(=O)c2ccc3c(c2)C2SC(c4ncnn4-c4ccccc4Cl)=CC2CCO3)CC1. The predicted octanol–water partition coefficient (Wildman–Crippen LogP) is 4.54. The van der Waals surface area contributed by atoms with Crippen LogP contribution in [0, 0.1) is 5.92 Å². The Morgan fingerprint density at radius 3 is 2.80 bits per heavy atom. The van der Waals surface area contributed by atoms with Crippen LogP contribution in [0.4, 0.5) is 0 Å². The summed E-state index contributed by atoms with van der Waals surface area (Å²) in [6.45, 7) is 3.96. The normalized spacial score (nSPS) is 22.1. The van der Waals surface area contributed by atoms with Gasteiger partial charge in [-0.05, 0) is 49.7 Å². The smallest absolute Gasteiger partial charge is 0.253 e. The number of amides is 1. The van der Waals surface area contributed by atoms with E-state index in [0.717, 1.165) is 65.9 Å². The van der Waals surface area contributed by atoms with Gasteiger partial charge in [-0.2, -0.15) is 5.10 Å². The molecule has 2 aromatic carbocycles. The van der Waals surface area contributed by atoms with Crippen molar-refractivity contribution in [2.75, 3.05) is 39.8 Å². The number of likely N-dealkylation sites (N-methyl/N-ethyl adjacent to an activating group) is 1. The summed E-state index contributed by atoms with van der Waals surface area (Å²) < 4.78 is 7.89. The molecule has 0 N–H and O–H groups in total. The second kappa shape index (κ2) is 9.33. The maximum atomic E-state index is 13.3. The average molecular weight is 508 g/mol. The third-order valence-corrected chi connectivity index (χ3v) is 8.67. The lowest BCUT2D eigenvalue weighted by Crippen LogP contribution is -2.47. The topological polar surface area (TPSA) is 63.5 Å². The van der Waals surface area contributed by atoms with E-state index in [1.807, 2.05) is 47.4 Å². The van der Waals surface area contributed by atoms with Crippen LogP contribution in [0.25, 0.3) is 10.6 Å². The third kappa shape index (κ3) is 4.24. The van der Waals surface area contributed by atoms with Gasteiger partial charge in [0.25, 0.3) is 5.91 Å². The number of allylic oxidation sites excluding steroid dienone is 1.